The van der Waals surface area contributed by atoms with Gasteiger partial charge in [-0.05, 0) is 37.6 Å². The van der Waals surface area contributed by atoms with Crippen LogP contribution in [0.2, 0.25) is 0 Å². The van der Waals surface area contributed by atoms with Gasteiger partial charge in [-0.15, -0.1) is 0 Å². The van der Waals surface area contributed by atoms with E-state index in [-0.39, 0.29) is 10.6 Å². The van der Waals surface area contributed by atoms with E-state index in [1.165, 1.54) is 17.9 Å². The highest BCUT2D eigenvalue weighted by Crippen LogP contribution is 2.46. The van der Waals surface area contributed by atoms with Crippen molar-refractivity contribution in [1.29, 1.82) is 0 Å². The number of benzene rings is 2. The van der Waals surface area contributed by atoms with E-state index in [1.54, 1.807) is 24.3 Å². The van der Waals surface area contributed by atoms with Gasteiger partial charge >= 0.3 is 5.97 Å². The van der Waals surface area contributed by atoms with E-state index in [1.807, 2.05) is 13.0 Å². The van der Waals surface area contributed by atoms with Gasteiger partial charge in [0.1, 0.15) is 17.1 Å². The number of fused-ring (bicyclic) bond motifs is 2. The highest BCUT2D eigenvalue weighted by Gasteiger charge is 2.48. The number of carboxylic acids is 1. The van der Waals surface area contributed by atoms with Crippen molar-refractivity contribution < 1.29 is 23.8 Å². The lowest BCUT2D eigenvalue weighted by atomic mass is 9.96. The summed E-state index contributed by atoms with van der Waals surface area (Å²) in [6.07, 6.45) is -0.505. The number of carbonyl (C=O) groups is 2. The van der Waals surface area contributed by atoms with Crippen LogP contribution in [0.3, 0.4) is 0 Å². The Kier molecular flexibility index (Phi) is 3.88. The fourth-order valence-electron chi connectivity index (χ4n) is 3.21. The minimum atomic E-state index is -1.59. The van der Waals surface area contributed by atoms with E-state index >= 15 is 0 Å². The summed E-state index contributed by atoms with van der Waals surface area (Å²) in [5, 5.41) is 9.52. The molecule has 1 aromatic heterocycles. The van der Waals surface area contributed by atoms with Crippen LogP contribution in [-0.4, -0.2) is 27.6 Å². The molecule has 0 saturated carbocycles. The second-order valence-corrected chi connectivity index (χ2v) is 7.56. The van der Waals surface area contributed by atoms with E-state index in [0.717, 1.165) is 16.9 Å². The monoisotopic (exact) mass is 386 g/mol. The Bertz CT molecular complexity index is 1100. The van der Waals surface area contributed by atoms with Crippen LogP contribution in [0.25, 0.3) is 10.2 Å². The van der Waals surface area contributed by atoms with Gasteiger partial charge in [0.05, 0.1) is 16.8 Å². The van der Waals surface area contributed by atoms with Crippen LogP contribution in [0, 0.1) is 12.7 Å². The van der Waals surface area contributed by atoms with Crippen LogP contribution >= 0.6 is 11.3 Å². The van der Waals surface area contributed by atoms with Gasteiger partial charge in [0.2, 0.25) is 0 Å². The highest BCUT2D eigenvalue weighted by molar-refractivity contribution is 7.22. The average Bonchev–Trinajstić information content (AvgIpc) is 3.01. The van der Waals surface area contributed by atoms with Crippen molar-refractivity contribution in [2.24, 2.45) is 0 Å². The Balaban J connectivity index is 1.94. The van der Waals surface area contributed by atoms with Gasteiger partial charge < -0.3 is 9.84 Å². The number of carboxylic acid groups (broad SMARTS) is 1. The predicted molar refractivity (Wildman–Crippen MR) is 99.2 cm³/mol. The number of amides is 1. The Morgan fingerprint density at radius 2 is 2.07 bits per heavy atom. The Labute approximate surface area is 157 Å². The molecule has 1 atom stereocenters. The smallest absolute Gasteiger partial charge is 0.307 e. The van der Waals surface area contributed by atoms with Gasteiger partial charge in [-0.25, -0.2) is 14.3 Å². The maximum absolute atomic E-state index is 14.1. The van der Waals surface area contributed by atoms with Crippen molar-refractivity contribution in [2.75, 3.05) is 4.90 Å². The number of rotatable bonds is 3. The molecule has 0 saturated heterocycles. The molecule has 4 rings (SSSR count). The molecule has 3 aromatic rings. The van der Waals surface area contributed by atoms with Crippen molar-refractivity contribution in [1.82, 2.24) is 4.98 Å². The highest BCUT2D eigenvalue weighted by atomic mass is 32.1. The maximum Gasteiger partial charge on any atom is 0.307 e. The minimum absolute atomic E-state index is 0.173. The second kappa shape index (κ2) is 6.02. The maximum atomic E-state index is 14.1. The molecule has 138 valence electrons. The molecule has 1 aliphatic heterocycles. The lowest BCUT2D eigenvalue weighted by Crippen LogP contribution is -2.54. The number of anilines is 2. The first kappa shape index (κ1) is 17.4. The van der Waals surface area contributed by atoms with E-state index in [0.29, 0.717) is 16.1 Å². The van der Waals surface area contributed by atoms with Crippen molar-refractivity contribution in [2.45, 2.75) is 25.9 Å². The summed E-state index contributed by atoms with van der Waals surface area (Å²) >= 11 is 1.16. The van der Waals surface area contributed by atoms with Gasteiger partial charge in [0, 0.05) is 0 Å². The number of thiazole rings is 1. The summed E-state index contributed by atoms with van der Waals surface area (Å²) in [4.78, 5) is 30.2. The normalized spacial score (nSPS) is 19.1. The summed E-state index contributed by atoms with van der Waals surface area (Å²) in [6, 6.07) is 9.86. The van der Waals surface area contributed by atoms with Crippen molar-refractivity contribution in [3.05, 3.63) is 47.8 Å². The quantitative estimate of drug-likeness (QED) is 0.735. The third kappa shape index (κ3) is 2.73. The number of hydrogen-bond donors (Lipinski definition) is 1. The molecule has 0 aliphatic carbocycles. The molecule has 1 aliphatic rings. The summed E-state index contributed by atoms with van der Waals surface area (Å²) in [5.41, 5.74) is -0.169. The van der Waals surface area contributed by atoms with Crippen LogP contribution in [0.4, 0.5) is 15.2 Å². The third-order valence-corrected chi connectivity index (χ3v) is 5.46. The Morgan fingerprint density at radius 3 is 2.78 bits per heavy atom. The van der Waals surface area contributed by atoms with Gasteiger partial charge in [-0.2, -0.15) is 0 Å². The second-order valence-electron chi connectivity index (χ2n) is 6.55. The van der Waals surface area contributed by atoms with Crippen molar-refractivity contribution in [3.8, 4) is 5.75 Å². The van der Waals surface area contributed by atoms with Crippen LogP contribution in [0.5, 0.6) is 5.75 Å². The molecule has 6 nitrogen and oxygen atoms in total. The number of halogens is 1. The molecular weight excluding hydrogens is 371 g/mol. The molecular formula is C19H15FN2O4S. The molecule has 0 bridgehead atoms. The third-order valence-electron chi connectivity index (χ3n) is 4.45. The zero-order chi connectivity index (χ0) is 19.3. The molecule has 0 fully saturated rings. The summed E-state index contributed by atoms with van der Waals surface area (Å²) in [5.74, 6) is -1.80. The fourth-order valence-corrected chi connectivity index (χ4v) is 4.19. The number of aromatic nitrogens is 1. The summed E-state index contributed by atoms with van der Waals surface area (Å²) < 4.78 is 20.5. The number of aryl methyl sites for hydroxylation is 1. The zero-order valence-corrected chi connectivity index (χ0v) is 15.3. The standard InChI is InChI=1S/C19H15FN2O4S/c1-10-5-3-7-12-16(10)22(17(25)19(2,26-12)9-14(23)24)18-21-15-11(20)6-4-8-13(15)27-18/h3-8H,9H2,1-2H3,(H,23,24). The zero-order valence-electron chi connectivity index (χ0n) is 14.5. The topological polar surface area (TPSA) is 79.7 Å². The Morgan fingerprint density at radius 1 is 1.33 bits per heavy atom. The first-order valence-corrected chi connectivity index (χ1v) is 9.02. The SMILES string of the molecule is Cc1cccc2c1N(c1nc3c(F)cccc3s1)C(=O)C(C)(CC(=O)O)O2. The molecule has 1 unspecified atom stereocenters. The number of carbonyl (C=O) groups excluding carboxylic acids is 1. The Hall–Kier alpha value is -3.00. The number of nitrogens with zero attached hydrogens (tertiary/aromatic N) is 2. The molecule has 1 amide bonds. The van der Waals surface area contributed by atoms with E-state index in [9.17, 15) is 19.1 Å². The number of ether oxygens (including phenoxy) is 1. The lowest BCUT2D eigenvalue weighted by molar-refractivity contribution is -0.148. The van der Waals surface area contributed by atoms with Crippen molar-refractivity contribution in [3.63, 3.8) is 0 Å². The largest absolute Gasteiger partial charge is 0.481 e. The number of hydrogen-bond acceptors (Lipinski definition) is 5. The van der Waals surface area contributed by atoms with Crippen LogP contribution < -0.4 is 9.64 Å². The van der Waals surface area contributed by atoms with Crippen LogP contribution in [0.1, 0.15) is 18.9 Å². The summed E-state index contributed by atoms with van der Waals surface area (Å²) in [6.45, 7) is 3.26. The van der Waals surface area contributed by atoms with Gasteiger partial charge in [-0.3, -0.25) is 9.59 Å². The van der Waals surface area contributed by atoms with Gasteiger partial charge in [-0.1, -0.05) is 29.5 Å². The average molecular weight is 386 g/mol. The summed E-state index contributed by atoms with van der Waals surface area (Å²) in [7, 11) is 0. The van der Waals surface area contributed by atoms with Crippen LogP contribution in [-0.2, 0) is 9.59 Å². The molecule has 1 N–H and O–H groups in total. The molecule has 0 radical (unpaired) electrons. The van der Waals surface area contributed by atoms with E-state index in [4.69, 9.17) is 4.74 Å². The molecule has 2 heterocycles. The fraction of sp³-hybridized carbons (Fsp3) is 0.211. The van der Waals surface area contributed by atoms with Gasteiger partial charge in [0.25, 0.3) is 5.91 Å². The first-order valence-electron chi connectivity index (χ1n) is 8.20. The molecule has 0 spiro atoms. The predicted octanol–water partition coefficient (Wildman–Crippen LogP) is 4.03. The number of para-hydroxylation sites is 2. The number of aliphatic carboxylic acids is 1. The molecule has 8 heteroatoms. The van der Waals surface area contributed by atoms with E-state index < -0.39 is 29.7 Å². The van der Waals surface area contributed by atoms with Gasteiger partial charge in [0.15, 0.2) is 10.7 Å². The minimum Gasteiger partial charge on any atom is -0.481 e. The molecule has 2 aromatic carbocycles. The van der Waals surface area contributed by atoms with Crippen molar-refractivity contribution >= 4 is 44.2 Å². The first-order chi connectivity index (χ1) is 12.8. The molecule has 27 heavy (non-hydrogen) atoms. The van der Waals surface area contributed by atoms with Crippen LogP contribution in [0.15, 0.2) is 36.4 Å². The lowest BCUT2D eigenvalue weighted by Gasteiger charge is -2.39. The van der Waals surface area contributed by atoms with E-state index in [2.05, 4.69) is 4.98 Å².